The number of hydrogen-bond donors (Lipinski definition) is 1. The number of aliphatic imine (C=N–C) groups is 1. The standard InChI is InChI=1S/C16H30N6O2S/c1-7-17-14(22-8-9-25(23,24)16(2,3)12-22)18-10-13-11-19-15(20(4)5)21(13)6/h11H,7-10,12H2,1-6H3,(H,17,18). The van der Waals surface area contributed by atoms with Crippen LogP contribution in [0.2, 0.25) is 0 Å². The van der Waals surface area contributed by atoms with Crippen molar-refractivity contribution in [3.05, 3.63) is 11.9 Å². The predicted molar refractivity (Wildman–Crippen MR) is 102 cm³/mol. The maximum atomic E-state index is 12.2. The van der Waals surface area contributed by atoms with Crippen LogP contribution in [0, 0.1) is 0 Å². The van der Waals surface area contributed by atoms with Crippen LogP contribution in [0.4, 0.5) is 5.95 Å². The smallest absolute Gasteiger partial charge is 0.204 e. The number of guanidine groups is 1. The molecule has 8 nitrogen and oxygen atoms in total. The number of aromatic nitrogens is 2. The molecule has 2 rings (SSSR count). The largest absolute Gasteiger partial charge is 0.357 e. The molecular weight excluding hydrogens is 340 g/mol. The Morgan fingerprint density at radius 2 is 2.12 bits per heavy atom. The molecule has 1 aliphatic rings. The average Bonchev–Trinajstić information content (AvgIpc) is 2.88. The van der Waals surface area contributed by atoms with E-state index < -0.39 is 14.6 Å². The number of imidazole rings is 1. The van der Waals surface area contributed by atoms with E-state index in [0.717, 1.165) is 24.1 Å². The summed E-state index contributed by atoms with van der Waals surface area (Å²) in [6.45, 7) is 7.70. The Morgan fingerprint density at radius 1 is 1.44 bits per heavy atom. The minimum atomic E-state index is -3.07. The summed E-state index contributed by atoms with van der Waals surface area (Å²) < 4.78 is 25.7. The van der Waals surface area contributed by atoms with Gasteiger partial charge in [0, 0.05) is 40.8 Å². The highest BCUT2D eigenvalue weighted by molar-refractivity contribution is 7.92. The molecule has 1 aromatic heterocycles. The zero-order valence-corrected chi connectivity index (χ0v) is 16.9. The lowest BCUT2D eigenvalue weighted by Gasteiger charge is -2.39. The summed E-state index contributed by atoms with van der Waals surface area (Å²) in [6, 6.07) is 0. The first-order chi connectivity index (χ1) is 11.6. The fourth-order valence-electron chi connectivity index (χ4n) is 2.90. The van der Waals surface area contributed by atoms with Gasteiger partial charge in [-0.3, -0.25) is 0 Å². The van der Waals surface area contributed by atoms with E-state index in [0.29, 0.717) is 19.6 Å². The van der Waals surface area contributed by atoms with Gasteiger partial charge in [0.1, 0.15) is 0 Å². The zero-order chi connectivity index (χ0) is 18.8. The van der Waals surface area contributed by atoms with E-state index in [1.165, 1.54) is 0 Å². The zero-order valence-electron chi connectivity index (χ0n) is 16.1. The van der Waals surface area contributed by atoms with E-state index in [2.05, 4.69) is 10.3 Å². The molecule has 0 aromatic carbocycles. The fraction of sp³-hybridized carbons (Fsp3) is 0.750. The molecule has 2 heterocycles. The van der Waals surface area contributed by atoms with E-state index >= 15 is 0 Å². The van der Waals surface area contributed by atoms with Gasteiger partial charge in [-0.1, -0.05) is 0 Å². The van der Waals surface area contributed by atoms with Gasteiger partial charge in [-0.2, -0.15) is 0 Å². The molecule has 0 saturated carbocycles. The highest BCUT2D eigenvalue weighted by atomic mass is 32.2. The van der Waals surface area contributed by atoms with Gasteiger partial charge in [0.25, 0.3) is 0 Å². The Morgan fingerprint density at radius 3 is 2.64 bits per heavy atom. The summed E-state index contributed by atoms with van der Waals surface area (Å²) in [7, 11) is 2.81. The van der Waals surface area contributed by atoms with Crippen LogP contribution in [0.3, 0.4) is 0 Å². The summed E-state index contributed by atoms with van der Waals surface area (Å²) in [5, 5.41) is 3.28. The van der Waals surface area contributed by atoms with Gasteiger partial charge in [0.15, 0.2) is 15.8 Å². The Balaban J connectivity index is 2.19. The van der Waals surface area contributed by atoms with Crippen molar-refractivity contribution in [1.29, 1.82) is 0 Å². The van der Waals surface area contributed by atoms with Crippen LogP contribution in [0.1, 0.15) is 26.5 Å². The predicted octanol–water partition coefficient (Wildman–Crippen LogP) is 0.461. The van der Waals surface area contributed by atoms with Crippen molar-refractivity contribution >= 4 is 21.7 Å². The van der Waals surface area contributed by atoms with Crippen molar-refractivity contribution in [2.45, 2.75) is 32.1 Å². The van der Waals surface area contributed by atoms with E-state index in [-0.39, 0.29) is 5.75 Å². The van der Waals surface area contributed by atoms with Crippen LogP contribution >= 0.6 is 0 Å². The van der Waals surface area contributed by atoms with Crippen molar-refractivity contribution in [3.63, 3.8) is 0 Å². The third kappa shape index (κ3) is 4.08. The van der Waals surface area contributed by atoms with Crippen LogP contribution in [-0.2, 0) is 23.4 Å². The molecule has 0 bridgehead atoms. The lowest BCUT2D eigenvalue weighted by atomic mass is 10.2. The first-order valence-electron chi connectivity index (χ1n) is 8.52. The van der Waals surface area contributed by atoms with Gasteiger partial charge in [0.05, 0.1) is 28.9 Å². The molecule has 1 fully saturated rings. The first-order valence-corrected chi connectivity index (χ1v) is 10.2. The molecule has 9 heteroatoms. The van der Waals surface area contributed by atoms with Crippen LogP contribution in [0.5, 0.6) is 0 Å². The molecule has 142 valence electrons. The molecule has 0 unspecified atom stereocenters. The minimum Gasteiger partial charge on any atom is -0.357 e. The summed E-state index contributed by atoms with van der Waals surface area (Å²) >= 11 is 0. The molecule has 1 aliphatic heterocycles. The van der Waals surface area contributed by atoms with Gasteiger partial charge >= 0.3 is 0 Å². The Bertz CT molecular complexity index is 736. The molecule has 0 amide bonds. The SMILES string of the molecule is CCNC(=NCc1cnc(N(C)C)n1C)N1CCS(=O)(=O)C(C)(C)C1. The number of rotatable bonds is 4. The highest BCUT2D eigenvalue weighted by Gasteiger charge is 2.40. The average molecular weight is 371 g/mol. The molecule has 25 heavy (non-hydrogen) atoms. The quantitative estimate of drug-likeness (QED) is 0.612. The topological polar surface area (TPSA) is 82.8 Å². The summed E-state index contributed by atoms with van der Waals surface area (Å²) in [5.74, 6) is 1.78. The summed E-state index contributed by atoms with van der Waals surface area (Å²) in [5.41, 5.74) is 1.00. The minimum absolute atomic E-state index is 0.154. The van der Waals surface area contributed by atoms with E-state index in [1.54, 1.807) is 13.8 Å². The van der Waals surface area contributed by atoms with E-state index in [4.69, 9.17) is 4.99 Å². The molecule has 0 aliphatic carbocycles. The number of nitrogens with zero attached hydrogens (tertiary/aromatic N) is 5. The van der Waals surface area contributed by atoms with E-state index in [1.807, 2.05) is 48.6 Å². The van der Waals surface area contributed by atoms with Crippen molar-refractivity contribution in [1.82, 2.24) is 19.8 Å². The summed E-state index contributed by atoms with van der Waals surface area (Å²) in [6.07, 6.45) is 1.83. The van der Waals surface area contributed by atoms with Gasteiger partial charge in [-0.05, 0) is 20.8 Å². The maximum absolute atomic E-state index is 12.2. The van der Waals surface area contributed by atoms with Gasteiger partial charge in [0.2, 0.25) is 5.95 Å². The maximum Gasteiger partial charge on any atom is 0.204 e. The molecule has 1 aromatic rings. The number of sulfone groups is 1. The second-order valence-corrected chi connectivity index (χ2v) is 9.92. The molecule has 0 atom stereocenters. The first kappa shape index (κ1) is 19.6. The van der Waals surface area contributed by atoms with Gasteiger partial charge in [-0.15, -0.1) is 0 Å². The number of hydrogen-bond acceptors (Lipinski definition) is 5. The molecule has 1 N–H and O–H groups in total. The van der Waals surface area contributed by atoms with Crippen LogP contribution in [-0.4, -0.2) is 73.1 Å². The normalized spacial score (nSPS) is 19.8. The van der Waals surface area contributed by atoms with Crippen LogP contribution in [0.15, 0.2) is 11.2 Å². The lowest BCUT2D eigenvalue weighted by Crippen LogP contribution is -2.57. The van der Waals surface area contributed by atoms with Crippen molar-refractivity contribution in [2.24, 2.45) is 12.0 Å². The Hall–Kier alpha value is -1.77. The lowest BCUT2D eigenvalue weighted by molar-refractivity contribution is 0.353. The molecule has 0 radical (unpaired) electrons. The molecule has 0 spiro atoms. The highest BCUT2D eigenvalue weighted by Crippen LogP contribution is 2.24. The second kappa shape index (κ2) is 7.23. The molecular formula is C16H30N6O2S. The fourth-order valence-corrected chi connectivity index (χ4v) is 4.27. The van der Waals surface area contributed by atoms with Crippen molar-refractivity contribution in [2.75, 3.05) is 44.4 Å². The van der Waals surface area contributed by atoms with Gasteiger partial charge < -0.3 is 19.7 Å². The third-order valence-electron chi connectivity index (χ3n) is 4.53. The van der Waals surface area contributed by atoms with Crippen LogP contribution < -0.4 is 10.2 Å². The third-order valence-corrected chi connectivity index (χ3v) is 7.06. The Kier molecular flexibility index (Phi) is 5.65. The molecule has 1 saturated heterocycles. The number of nitrogens with one attached hydrogen (secondary N) is 1. The monoisotopic (exact) mass is 370 g/mol. The second-order valence-electron chi connectivity index (χ2n) is 7.17. The number of anilines is 1. The van der Waals surface area contributed by atoms with Crippen molar-refractivity contribution < 1.29 is 8.42 Å². The van der Waals surface area contributed by atoms with E-state index in [9.17, 15) is 8.42 Å². The Labute approximate surface area is 150 Å². The van der Waals surface area contributed by atoms with Crippen LogP contribution in [0.25, 0.3) is 0 Å². The van der Waals surface area contributed by atoms with Gasteiger partial charge in [-0.25, -0.2) is 18.4 Å². The summed E-state index contributed by atoms with van der Waals surface area (Å²) in [4.78, 5) is 13.1. The van der Waals surface area contributed by atoms with Crippen molar-refractivity contribution in [3.8, 4) is 0 Å².